The number of amides is 3. The van der Waals surface area contributed by atoms with Crippen LogP contribution < -0.4 is 15.8 Å². The monoisotopic (exact) mass is 587 g/mol. The maximum Gasteiger partial charge on any atom is 0.410 e. The number of fused-ring (bicyclic) bond motifs is 3. The second-order valence-corrected chi connectivity index (χ2v) is 11.5. The number of ether oxygens (including phenoxy) is 3. The van der Waals surface area contributed by atoms with Gasteiger partial charge in [-0.05, 0) is 68.9 Å². The molecular formula is C34H41N3O6. The molecule has 228 valence electrons. The number of primary amides is 1. The highest BCUT2D eigenvalue weighted by atomic mass is 16.6. The van der Waals surface area contributed by atoms with Crippen molar-refractivity contribution in [3.63, 3.8) is 0 Å². The molecule has 0 unspecified atom stereocenters. The highest BCUT2D eigenvalue weighted by Gasteiger charge is 2.33. The summed E-state index contributed by atoms with van der Waals surface area (Å²) in [6.45, 7) is 8.06. The first-order valence-corrected chi connectivity index (χ1v) is 14.7. The molecule has 43 heavy (non-hydrogen) atoms. The van der Waals surface area contributed by atoms with E-state index in [1.807, 2.05) is 67.6 Å². The summed E-state index contributed by atoms with van der Waals surface area (Å²) in [7, 11) is 0. The van der Waals surface area contributed by atoms with E-state index >= 15 is 0 Å². The number of hydrogen-bond acceptors (Lipinski definition) is 6. The lowest BCUT2D eigenvalue weighted by Crippen LogP contribution is -2.48. The van der Waals surface area contributed by atoms with Gasteiger partial charge in [-0.3, -0.25) is 9.69 Å². The zero-order valence-corrected chi connectivity index (χ0v) is 25.3. The fraction of sp³-hybridized carbons (Fsp3) is 0.382. The molecule has 0 saturated heterocycles. The number of benzene rings is 3. The molecule has 9 heteroatoms. The number of carbonyl (C=O) groups is 3. The molecule has 3 aromatic carbocycles. The lowest BCUT2D eigenvalue weighted by atomic mass is 9.98. The lowest BCUT2D eigenvalue weighted by molar-refractivity contribution is -0.123. The van der Waals surface area contributed by atoms with E-state index in [0.29, 0.717) is 18.8 Å². The second kappa shape index (κ2) is 14.1. The first-order valence-electron chi connectivity index (χ1n) is 14.7. The van der Waals surface area contributed by atoms with Crippen LogP contribution >= 0.6 is 0 Å². The largest absolute Gasteiger partial charge is 0.494 e. The Balaban J connectivity index is 1.53. The number of para-hydroxylation sites is 1. The maximum absolute atomic E-state index is 13.8. The van der Waals surface area contributed by atoms with Gasteiger partial charge < -0.3 is 25.3 Å². The van der Waals surface area contributed by atoms with Crippen molar-refractivity contribution in [2.24, 2.45) is 5.73 Å². The third-order valence-electron chi connectivity index (χ3n) is 7.21. The SMILES string of the molecule is CCOc1ccccc1CN(C(=O)OCC1c2ccccc2-c2ccccc21)[C@@H](CCCNC(=O)OC(C)(C)C)C(N)=O. The van der Waals surface area contributed by atoms with Crippen molar-refractivity contribution in [3.8, 4) is 16.9 Å². The van der Waals surface area contributed by atoms with Crippen LogP contribution in [0.25, 0.3) is 11.1 Å². The van der Waals surface area contributed by atoms with Crippen LogP contribution in [0.4, 0.5) is 9.59 Å². The minimum absolute atomic E-state index is 0.0555. The number of carbonyl (C=O) groups excluding carboxylic acids is 3. The lowest BCUT2D eigenvalue weighted by Gasteiger charge is -2.30. The van der Waals surface area contributed by atoms with Crippen molar-refractivity contribution in [2.45, 2.75) is 64.6 Å². The van der Waals surface area contributed by atoms with Crippen LogP contribution in [-0.2, 0) is 20.8 Å². The van der Waals surface area contributed by atoms with E-state index in [9.17, 15) is 14.4 Å². The summed E-state index contributed by atoms with van der Waals surface area (Å²) in [4.78, 5) is 40.0. The summed E-state index contributed by atoms with van der Waals surface area (Å²) in [6, 6.07) is 22.6. The van der Waals surface area contributed by atoms with E-state index in [4.69, 9.17) is 19.9 Å². The Labute approximate surface area is 253 Å². The number of nitrogens with two attached hydrogens (primary N) is 1. The standard InChI is InChI=1S/C34H41N3O6/c1-5-41-30-19-11-6-13-23(30)21-37(29(31(35)38)18-12-20-36-32(39)43-34(2,3)4)33(40)42-22-28-26-16-9-7-14-24(26)25-15-8-10-17-27(25)28/h6-11,13-17,19,28-29H,5,12,18,20-22H2,1-4H3,(H2,35,38)(H,36,39)/t29-/m0/s1. The predicted molar refractivity (Wildman–Crippen MR) is 165 cm³/mol. The molecule has 0 aliphatic heterocycles. The van der Waals surface area contributed by atoms with Crippen molar-refractivity contribution in [3.05, 3.63) is 89.5 Å². The smallest absolute Gasteiger partial charge is 0.410 e. The highest BCUT2D eigenvalue weighted by molar-refractivity contribution is 5.84. The molecule has 9 nitrogen and oxygen atoms in total. The molecule has 0 radical (unpaired) electrons. The van der Waals surface area contributed by atoms with Crippen molar-refractivity contribution in [2.75, 3.05) is 19.8 Å². The van der Waals surface area contributed by atoms with Crippen molar-refractivity contribution < 1.29 is 28.6 Å². The third-order valence-corrected chi connectivity index (χ3v) is 7.21. The number of rotatable bonds is 12. The van der Waals surface area contributed by atoms with Crippen molar-refractivity contribution in [1.82, 2.24) is 10.2 Å². The van der Waals surface area contributed by atoms with Gasteiger partial charge in [0.25, 0.3) is 0 Å². The number of alkyl carbamates (subject to hydrolysis) is 1. The van der Waals surface area contributed by atoms with Gasteiger partial charge in [-0.25, -0.2) is 9.59 Å². The molecule has 1 aliphatic carbocycles. The van der Waals surface area contributed by atoms with Crippen LogP contribution in [0.5, 0.6) is 5.75 Å². The molecule has 3 amide bonds. The molecular weight excluding hydrogens is 546 g/mol. The van der Waals surface area contributed by atoms with E-state index in [1.54, 1.807) is 20.8 Å². The van der Waals surface area contributed by atoms with Crippen LogP contribution in [0.1, 0.15) is 63.1 Å². The average Bonchev–Trinajstić information content (AvgIpc) is 3.28. The van der Waals surface area contributed by atoms with Gasteiger partial charge in [0, 0.05) is 18.0 Å². The van der Waals surface area contributed by atoms with Gasteiger partial charge in [0.1, 0.15) is 24.0 Å². The fourth-order valence-electron chi connectivity index (χ4n) is 5.34. The molecule has 0 aromatic heterocycles. The van der Waals surface area contributed by atoms with Crippen molar-refractivity contribution >= 4 is 18.1 Å². The van der Waals surface area contributed by atoms with Gasteiger partial charge in [0.05, 0.1) is 13.2 Å². The molecule has 0 saturated carbocycles. The van der Waals surface area contributed by atoms with Crippen molar-refractivity contribution in [1.29, 1.82) is 0 Å². The van der Waals surface area contributed by atoms with Crippen LogP contribution in [0.15, 0.2) is 72.8 Å². The highest BCUT2D eigenvalue weighted by Crippen LogP contribution is 2.44. The Morgan fingerprint density at radius 1 is 0.930 bits per heavy atom. The van der Waals surface area contributed by atoms with E-state index < -0.39 is 29.7 Å². The Morgan fingerprint density at radius 2 is 1.53 bits per heavy atom. The summed E-state index contributed by atoms with van der Waals surface area (Å²) >= 11 is 0. The third kappa shape index (κ3) is 8.06. The molecule has 3 aromatic rings. The average molecular weight is 588 g/mol. The topological polar surface area (TPSA) is 120 Å². The molecule has 0 spiro atoms. The summed E-state index contributed by atoms with van der Waals surface area (Å²) in [6.07, 6.45) is -0.613. The molecule has 1 aliphatic rings. The van der Waals surface area contributed by atoms with Crippen LogP contribution in [0, 0.1) is 0 Å². The Morgan fingerprint density at radius 3 is 2.14 bits per heavy atom. The van der Waals surface area contributed by atoms with Gasteiger partial charge in [0.2, 0.25) is 5.91 Å². The van der Waals surface area contributed by atoms with E-state index in [-0.39, 0.29) is 32.0 Å². The molecule has 1 atom stereocenters. The minimum Gasteiger partial charge on any atom is -0.494 e. The summed E-state index contributed by atoms with van der Waals surface area (Å²) in [5.41, 5.74) is 10.4. The summed E-state index contributed by atoms with van der Waals surface area (Å²) in [5, 5.41) is 2.69. The fourth-order valence-corrected chi connectivity index (χ4v) is 5.34. The van der Waals surface area contributed by atoms with Crippen LogP contribution in [0.3, 0.4) is 0 Å². The van der Waals surface area contributed by atoms with E-state index in [1.165, 1.54) is 4.90 Å². The maximum atomic E-state index is 13.8. The quantitative estimate of drug-likeness (QED) is 0.251. The number of hydrogen-bond donors (Lipinski definition) is 2. The molecule has 4 rings (SSSR count). The summed E-state index contributed by atoms with van der Waals surface area (Å²) in [5.74, 6) is -0.199. The van der Waals surface area contributed by atoms with Gasteiger partial charge in [0.15, 0.2) is 0 Å². The Bertz CT molecular complexity index is 1390. The van der Waals surface area contributed by atoms with Gasteiger partial charge in [-0.15, -0.1) is 0 Å². The van der Waals surface area contributed by atoms with Gasteiger partial charge >= 0.3 is 12.2 Å². The number of nitrogens with zero attached hydrogens (tertiary/aromatic N) is 1. The summed E-state index contributed by atoms with van der Waals surface area (Å²) < 4.78 is 17.0. The zero-order valence-electron chi connectivity index (χ0n) is 25.3. The first-order chi connectivity index (χ1) is 20.6. The predicted octanol–water partition coefficient (Wildman–Crippen LogP) is 6.00. The Kier molecular flexibility index (Phi) is 10.3. The second-order valence-electron chi connectivity index (χ2n) is 11.5. The van der Waals surface area contributed by atoms with Crippen LogP contribution in [-0.4, -0.2) is 54.4 Å². The van der Waals surface area contributed by atoms with E-state index in [2.05, 4.69) is 17.4 Å². The first kappa shape index (κ1) is 31.4. The molecule has 3 N–H and O–H groups in total. The normalized spacial score (nSPS) is 12.9. The molecule has 0 fully saturated rings. The minimum atomic E-state index is -0.981. The molecule has 0 heterocycles. The Hall–Kier alpha value is -4.53. The van der Waals surface area contributed by atoms with Gasteiger partial charge in [-0.2, -0.15) is 0 Å². The van der Waals surface area contributed by atoms with Gasteiger partial charge in [-0.1, -0.05) is 66.7 Å². The van der Waals surface area contributed by atoms with E-state index in [0.717, 1.165) is 27.8 Å². The molecule has 0 bridgehead atoms. The zero-order chi connectivity index (χ0) is 31.0. The number of nitrogens with one attached hydrogen (secondary N) is 1. The van der Waals surface area contributed by atoms with Crippen LogP contribution in [0.2, 0.25) is 0 Å².